The number of thioether (sulfide) groups is 1. The Kier molecular flexibility index (Phi) is 3.95. The molecule has 0 aliphatic carbocycles. The van der Waals surface area contributed by atoms with Gasteiger partial charge in [0.05, 0.1) is 11.4 Å². The van der Waals surface area contributed by atoms with E-state index in [1.807, 2.05) is 42.7 Å². The Morgan fingerprint density at radius 2 is 2.00 bits per heavy atom. The number of hydrazine groups is 1. The summed E-state index contributed by atoms with van der Waals surface area (Å²) in [6.07, 6.45) is 2.02. The SMILES string of the molecule is CSCc1nc(NN)cc(-c2ccccc2)n1. The van der Waals surface area contributed by atoms with Crippen LogP contribution in [0.15, 0.2) is 36.4 Å². The fraction of sp³-hybridized carbons (Fsp3) is 0.167. The van der Waals surface area contributed by atoms with Crippen molar-refractivity contribution in [2.45, 2.75) is 5.75 Å². The van der Waals surface area contributed by atoms with Gasteiger partial charge in [0.25, 0.3) is 0 Å². The standard InChI is InChI=1S/C12H14N4S/c1-17-8-12-14-10(7-11(15-12)16-13)9-5-3-2-4-6-9/h2-7H,8,13H2,1H3,(H,14,15,16). The molecule has 4 nitrogen and oxygen atoms in total. The monoisotopic (exact) mass is 246 g/mol. The van der Waals surface area contributed by atoms with Gasteiger partial charge >= 0.3 is 0 Å². The summed E-state index contributed by atoms with van der Waals surface area (Å²) in [6.45, 7) is 0. The number of anilines is 1. The van der Waals surface area contributed by atoms with Crippen LogP contribution in [-0.4, -0.2) is 16.2 Å². The highest BCUT2D eigenvalue weighted by atomic mass is 32.2. The molecule has 0 fully saturated rings. The predicted molar refractivity (Wildman–Crippen MR) is 72.5 cm³/mol. The van der Waals surface area contributed by atoms with E-state index in [1.54, 1.807) is 11.8 Å². The topological polar surface area (TPSA) is 63.8 Å². The lowest BCUT2D eigenvalue weighted by Gasteiger charge is -2.07. The average molecular weight is 246 g/mol. The van der Waals surface area contributed by atoms with Gasteiger partial charge < -0.3 is 5.43 Å². The second-order valence-corrected chi connectivity index (χ2v) is 4.36. The minimum absolute atomic E-state index is 0.642. The van der Waals surface area contributed by atoms with Gasteiger partial charge in [0.15, 0.2) is 0 Å². The summed E-state index contributed by atoms with van der Waals surface area (Å²) < 4.78 is 0. The molecule has 0 saturated carbocycles. The Hall–Kier alpha value is -1.59. The minimum atomic E-state index is 0.642. The zero-order valence-corrected chi connectivity index (χ0v) is 10.4. The molecule has 0 radical (unpaired) electrons. The Labute approximate surface area is 105 Å². The maximum atomic E-state index is 5.41. The summed E-state index contributed by atoms with van der Waals surface area (Å²) in [7, 11) is 0. The van der Waals surface area contributed by atoms with E-state index in [2.05, 4.69) is 15.4 Å². The van der Waals surface area contributed by atoms with E-state index in [1.165, 1.54) is 0 Å². The molecule has 0 spiro atoms. The van der Waals surface area contributed by atoms with Crippen molar-refractivity contribution in [3.05, 3.63) is 42.2 Å². The van der Waals surface area contributed by atoms with Crippen LogP contribution in [-0.2, 0) is 5.75 Å². The van der Waals surface area contributed by atoms with E-state index in [4.69, 9.17) is 5.84 Å². The molecule has 17 heavy (non-hydrogen) atoms. The number of aromatic nitrogens is 2. The first-order chi connectivity index (χ1) is 8.33. The maximum Gasteiger partial charge on any atom is 0.144 e. The molecule has 3 N–H and O–H groups in total. The van der Waals surface area contributed by atoms with Crippen molar-refractivity contribution < 1.29 is 0 Å². The molecule has 2 aromatic rings. The van der Waals surface area contributed by atoms with Gasteiger partial charge in [-0.25, -0.2) is 15.8 Å². The van der Waals surface area contributed by atoms with Crippen LogP contribution in [0.3, 0.4) is 0 Å². The third-order valence-corrected chi connectivity index (χ3v) is 2.81. The Bertz CT molecular complexity index is 487. The summed E-state index contributed by atoms with van der Waals surface area (Å²) in [5.74, 6) is 7.61. The van der Waals surface area contributed by atoms with E-state index in [-0.39, 0.29) is 0 Å². The zero-order chi connectivity index (χ0) is 12.1. The number of hydrogen-bond acceptors (Lipinski definition) is 5. The van der Waals surface area contributed by atoms with Gasteiger partial charge in [-0.3, -0.25) is 0 Å². The van der Waals surface area contributed by atoms with Crippen molar-refractivity contribution in [3.63, 3.8) is 0 Å². The van der Waals surface area contributed by atoms with Gasteiger partial charge in [-0.2, -0.15) is 11.8 Å². The number of nitrogens with zero attached hydrogens (tertiary/aromatic N) is 2. The van der Waals surface area contributed by atoms with Crippen molar-refractivity contribution in [1.82, 2.24) is 9.97 Å². The predicted octanol–water partition coefficient (Wildman–Crippen LogP) is 2.29. The first-order valence-corrected chi connectivity index (χ1v) is 6.62. The number of benzene rings is 1. The number of hydrogen-bond donors (Lipinski definition) is 2. The zero-order valence-electron chi connectivity index (χ0n) is 9.55. The highest BCUT2D eigenvalue weighted by Gasteiger charge is 2.05. The van der Waals surface area contributed by atoms with Gasteiger partial charge in [0, 0.05) is 11.6 Å². The van der Waals surface area contributed by atoms with Crippen molar-refractivity contribution in [2.24, 2.45) is 5.84 Å². The second kappa shape index (κ2) is 5.65. The molecular weight excluding hydrogens is 232 g/mol. The highest BCUT2D eigenvalue weighted by molar-refractivity contribution is 7.97. The Balaban J connectivity index is 2.43. The third-order valence-electron chi connectivity index (χ3n) is 2.26. The second-order valence-electron chi connectivity index (χ2n) is 3.50. The quantitative estimate of drug-likeness (QED) is 0.640. The van der Waals surface area contributed by atoms with Crippen molar-refractivity contribution >= 4 is 17.6 Å². The van der Waals surface area contributed by atoms with Gasteiger partial charge in [0.2, 0.25) is 0 Å². The molecule has 0 amide bonds. The highest BCUT2D eigenvalue weighted by Crippen LogP contribution is 2.20. The van der Waals surface area contributed by atoms with Gasteiger partial charge in [0.1, 0.15) is 11.6 Å². The third kappa shape index (κ3) is 2.95. The van der Waals surface area contributed by atoms with Crippen LogP contribution in [0.5, 0.6) is 0 Å². The lowest BCUT2D eigenvalue weighted by Crippen LogP contribution is -2.10. The van der Waals surface area contributed by atoms with Gasteiger partial charge in [-0.15, -0.1) is 0 Å². The molecule has 0 aliphatic heterocycles. The lowest BCUT2D eigenvalue weighted by atomic mass is 10.1. The van der Waals surface area contributed by atoms with E-state index in [9.17, 15) is 0 Å². The molecule has 2 rings (SSSR count). The summed E-state index contributed by atoms with van der Waals surface area (Å²) in [6, 6.07) is 11.8. The molecule has 0 atom stereocenters. The molecule has 1 aromatic carbocycles. The van der Waals surface area contributed by atoms with Crippen LogP contribution in [0.4, 0.5) is 5.82 Å². The number of nitrogens with one attached hydrogen (secondary N) is 1. The van der Waals surface area contributed by atoms with E-state index < -0.39 is 0 Å². The molecule has 1 heterocycles. The normalized spacial score (nSPS) is 10.2. The first-order valence-electron chi connectivity index (χ1n) is 5.22. The van der Waals surface area contributed by atoms with E-state index >= 15 is 0 Å². The summed E-state index contributed by atoms with van der Waals surface area (Å²) in [4.78, 5) is 8.81. The van der Waals surface area contributed by atoms with E-state index in [0.717, 1.165) is 22.8 Å². The average Bonchev–Trinajstić information content (AvgIpc) is 2.40. The number of nitrogens with two attached hydrogens (primary N) is 1. The largest absolute Gasteiger partial charge is 0.308 e. The van der Waals surface area contributed by atoms with Gasteiger partial charge in [-0.1, -0.05) is 30.3 Å². The molecule has 0 aliphatic rings. The molecule has 1 aromatic heterocycles. The summed E-state index contributed by atoms with van der Waals surface area (Å²) in [5, 5.41) is 0. The molecule has 0 bridgehead atoms. The smallest absolute Gasteiger partial charge is 0.144 e. The van der Waals surface area contributed by atoms with Crippen molar-refractivity contribution in [3.8, 4) is 11.3 Å². The van der Waals surface area contributed by atoms with Crippen LogP contribution in [0, 0.1) is 0 Å². The van der Waals surface area contributed by atoms with Crippen LogP contribution in [0.25, 0.3) is 11.3 Å². The number of rotatable bonds is 4. The van der Waals surface area contributed by atoms with E-state index in [0.29, 0.717) is 5.82 Å². The maximum absolute atomic E-state index is 5.41. The van der Waals surface area contributed by atoms with Crippen LogP contribution >= 0.6 is 11.8 Å². The fourth-order valence-electron chi connectivity index (χ4n) is 1.52. The molecule has 88 valence electrons. The van der Waals surface area contributed by atoms with Crippen LogP contribution < -0.4 is 11.3 Å². The van der Waals surface area contributed by atoms with Crippen molar-refractivity contribution in [1.29, 1.82) is 0 Å². The molecule has 5 heteroatoms. The molecule has 0 saturated heterocycles. The van der Waals surface area contributed by atoms with Crippen LogP contribution in [0.2, 0.25) is 0 Å². The summed E-state index contributed by atoms with van der Waals surface area (Å²) in [5.41, 5.74) is 4.53. The summed E-state index contributed by atoms with van der Waals surface area (Å²) >= 11 is 1.68. The molecule has 0 unspecified atom stereocenters. The number of nitrogen functional groups attached to an aromatic ring is 1. The fourth-order valence-corrected chi connectivity index (χ4v) is 1.91. The Morgan fingerprint density at radius 3 is 2.65 bits per heavy atom. The van der Waals surface area contributed by atoms with Gasteiger partial charge in [-0.05, 0) is 6.26 Å². The molecular formula is C12H14N4S. The minimum Gasteiger partial charge on any atom is -0.308 e. The van der Waals surface area contributed by atoms with Crippen LogP contribution in [0.1, 0.15) is 5.82 Å². The first kappa shape index (κ1) is 11.9. The van der Waals surface area contributed by atoms with Crippen molar-refractivity contribution in [2.75, 3.05) is 11.7 Å². The Morgan fingerprint density at radius 1 is 1.24 bits per heavy atom. The lowest BCUT2D eigenvalue weighted by molar-refractivity contribution is 1.03.